The largest absolute Gasteiger partial charge is 0.497 e. The van der Waals surface area contributed by atoms with Crippen molar-refractivity contribution in [1.29, 1.82) is 0 Å². The molecule has 0 aliphatic carbocycles. The Morgan fingerprint density at radius 3 is 2.60 bits per heavy atom. The molecule has 5 heteroatoms. The molecule has 0 aliphatic rings. The number of methoxy groups -OCH3 is 1. The Bertz CT molecular complexity index is 619. The zero-order valence-corrected chi connectivity index (χ0v) is 12.7. The predicted molar refractivity (Wildman–Crippen MR) is 79.1 cm³/mol. The quantitative estimate of drug-likeness (QED) is 0.853. The lowest BCUT2D eigenvalue weighted by Crippen LogP contribution is -2.09. The van der Waals surface area contributed by atoms with Crippen LogP contribution in [0.5, 0.6) is 5.75 Å². The summed E-state index contributed by atoms with van der Waals surface area (Å²) in [4.78, 5) is 0. The van der Waals surface area contributed by atoms with E-state index in [2.05, 4.69) is 21.2 Å². The second-order valence-electron chi connectivity index (χ2n) is 4.38. The van der Waals surface area contributed by atoms with Crippen molar-refractivity contribution in [2.75, 3.05) is 12.4 Å². The number of rotatable bonds is 4. The molecule has 0 saturated carbocycles. The summed E-state index contributed by atoms with van der Waals surface area (Å²) in [6.07, 6.45) is 0. The molecule has 2 rings (SSSR count). The number of ether oxygens (including phenoxy) is 1. The monoisotopic (exact) mass is 341 g/mol. The first-order chi connectivity index (χ1) is 9.51. The highest BCUT2D eigenvalue weighted by molar-refractivity contribution is 9.10. The first-order valence-corrected chi connectivity index (χ1v) is 6.85. The van der Waals surface area contributed by atoms with Crippen LogP contribution in [0.2, 0.25) is 0 Å². The van der Waals surface area contributed by atoms with Crippen LogP contribution >= 0.6 is 15.9 Å². The van der Waals surface area contributed by atoms with Crippen LogP contribution in [0.1, 0.15) is 18.5 Å². The van der Waals surface area contributed by atoms with Gasteiger partial charge >= 0.3 is 0 Å². The normalized spacial score (nSPS) is 12.1. The number of benzene rings is 2. The molecule has 0 radical (unpaired) electrons. The van der Waals surface area contributed by atoms with Crippen LogP contribution in [0, 0.1) is 11.6 Å². The number of hydrogen-bond acceptors (Lipinski definition) is 2. The molecule has 1 atom stereocenters. The summed E-state index contributed by atoms with van der Waals surface area (Å²) in [6, 6.07) is 8.47. The number of halogens is 3. The van der Waals surface area contributed by atoms with Gasteiger partial charge in [-0.1, -0.05) is 0 Å². The second-order valence-corrected chi connectivity index (χ2v) is 5.23. The zero-order chi connectivity index (χ0) is 14.7. The molecule has 106 valence electrons. The molecule has 2 nitrogen and oxygen atoms in total. The molecular formula is C15H14BrF2NO. The lowest BCUT2D eigenvalue weighted by Gasteiger charge is -2.18. The number of anilines is 1. The zero-order valence-electron chi connectivity index (χ0n) is 11.1. The SMILES string of the molecule is COc1ccc(Br)c(NC(C)c2cc(F)ccc2F)c1. The molecule has 0 aliphatic heterocycles. The summed E-state index contributed by atoms with van der Waals surface area (Å²) >= 11 is 3.41. The van der Waals surface area contributed by atoms with Crippen molar-refractivity contribution in [3.05, 3.63) is 58.1 Å². The minimum atomic E-state index is -0.459. The Morgan fingerprint density at radius 2 is 1.90 bits per heavy atom. The van der Waals surface area contributed by atoms with Crippen LogP contribution in [0.3, 0.4) is 0 Å². The Morgan fingerprint density at radius 1 is 1.15 bits per heavy atom. The summed E-state index contributed by atoms with van der Waals surface area (Å²) in [5.41, 5.74) is 1.03. The van der Waals surface area contributed by atoms with Crippen LogP contribution in [0.4, 0.5) is 14.5 Å². The van der Waals surface area contributed by atoms with Crippen molar-refractivity contribution in [3.63, 3.8) is 0 Å². The van der Waals surface area contributed by atoms with Gasteiger partial charge in [-0.2, -0.15) is 0 Å². The first kappa shape index (κ1) is 14.8. The van der Waals surface area contributed by atoms with Crippen LogP contribution < -0.4 is 10.1 Å². The third kappa shape index (κ3) is 3.28. The van der Waals surface area contributed by atoms with Gasteiger partial charge in [0.1, 0.15) is 17.4 Å². The van der Waals surface area contributed by atoms with Crippen molar-refractivity contribution < 1.29 is 13.5 Å². The average molecular weight is 342 g/mol. The highest BCUT2D eigenvalue weighted by atomic mass is 79.9. The maximum atomic E-state index is 13.7. The third-order valence-corrected chi connectivity index (χ3v) is 3.66. The van der Waals surface area contributed by atoms with Gasteiger partial charge in [-0.15, -0.1) is 0 Å². The van der Waals surface area contributed by atoms with Gasteiger partial charge in [0.25, 0.3) is 0 Å². The highest BCUT2D eigenvalue weighted by Gasteiger charge is 2.13. The van der Waals surface area contributed by atoms with Crippen molar-refractivity contribution >= 4 is 21.6 Å². The van der Waals surface area contributed by atoms with Crippen molar-refractivity contribution in [2.45, 2.75) is 13.0 Å². The van der Waals surface area contributed by atoms with Gasteiger partial charge in [-0.05, 0) is 53.2 Å². The third-order valence-electron chi connectivity index (χ3n) is 2.97. The molecule has 1 N–H and O–H groups in total. The van der Waals surface area contributed by atoms with Crippen molar-refractivity contribution in [1.82, 2.24) is 0 Å². The Hall–Kier alpha value is -1.62. The molecule has 0 aromatic heterocycles. The summed E-state index contributed by atoms with van der Waals surface area (Å²) in [7, 11) is 1.57. The molecule has 2 aromatic rings. The van der Waals surface area contributed by atoms with E-state index in [-0.39, 0.29) is 11.6 Å². The number of hydrogen-bond donors (Lipinski definition) is 1. The topological polar surface area (TPSA) is 21.3 Å². The van der Waals surface area contributed by atoms with Crippen molar-refractivity contribution in [3.8, 4) is 5.75 Å². The van der Waals surface area contributed by atoms with Crippen LogP contribution in [0.25, 0.3) is 0 Å². The van der Waals surface area contributed by atoms with E-state index in [1.807, 2.05) is 12.1 Å². The van der Waals surface area contributed by atoms with Gasteiger partial charge in [0.2, 0.25) is 0 Å². The molecule has 0 heterocycles. The minimum Gasteiger partial charge on any atom is -0.497 e. The Labute approximate surface area is 124 Å². The van der Waals surface area contributed by atoms with E-state index in [1.165, 1.54) is 6.07 Å². The van der Waals surface area contributed by atoms with Crippen molar-refractivity contribution in [2.24, 2.45) is 0 Å². The highest BCUT2D eigenvalue weighted by Crippen LogP contribution is 2.31. The molecular weight excluding hydrogens is 328 g/mol. The first-order valence-electron chi connectivity index (χ1n) is 6.06. The molecule has 2 aromatic carbocycles. The molecule has 0 amide bonds. The Balaban J connectivity index is 2.27. The lowest BCUT2D eigenvalue weighted by atomic mass is 10.1. The minimum absolute atomic E-state index is 0.278. The smallest absolute Gasteiger partial charge is 0.128 e. The average Bonchev–Trinajstić information content (AvgIpc) is 2.43. The molecule has 0 fully saturated rings. The molecule has 20 heavy (non-hydrogen) atoms. The van der Waals surface area contributed by atoms with Crippen LogP contribution in [-0.4, -0.2) is 7.11 Å². The van der Waals surface area contributed by atoms with Crippen LogP contribution in [0.15, 0.2) is 40.9 Å². The fourth-order valence-electron chi connectivity index (χ4n) is 1.90. The van der Waals surface area contributed by atoms with Gasteiger partial charge in [0.15, 0.2) is 0 Å². The van der Waals surface area contributed by atoms with Gasteiger partial charge in [-0.25, -0.2) is 8.78 Å². The standard InChI is InChI=1S/C15H14BrF2NO/c1-9(12-7-10(17)3-6-14(12)18)19-15-8-11(20-2)4-5-13(15)16/h3-9,19H,1-2H3. The summed E-state index contributed by atoms with van der Waals surface area (Å²) in [5.74, 6) is -0.215. The number of nitrogens with one attached hydrogen (secondary N) is 1. The molecule has 0 spiro atoms. The fourth-order valence-corrected chi connectivity index (χ4v) is 2.26. The fraction of sp³-hybridized carbons (Fsp3) is 0.200. The van der Waals surface area contributed by atoms with Gasteiger partial charge in [0, 0.05) is 16.1 Å². The second kappa shape index (κ2) is 6.22. The van der Waals surface area contributed by atoms with Gasteiger partial charge in [-0.3, -0.25) is 0 Å². The maximum absolute atomic E-state index is 13.7. The Kier molecular flexibility index (Phi) is 4.60. The van der Waals surface area contributed by atoms with E-state index < -0.39 is 11.6 Å². The summed E-state index contributed by atoms with van der Waals surface area (Å²) in [5, 5.41) is 3.14. The molecule has 0 saturated heterocycles. The summed E-state index contributed by atoms with van der Waals surface area (Å²) in [6.45, 7) is 1.77. The van der Waals surface area contributed by atoms with Crippen LogP contribution in [-0.2, 0) is 0 Å². The van der Waals surface area contributed by atoms with E-state index in [4.69, 9.17) is 4.74 Å². The van der Waals surface area contributed by atoms with E-state index in [0.29, 0.717) is 5.75 Å². The van der Waals surface area contributed by atoms with E-state index in [0.717, 1.165) is 22.3 Å². The van der Waals surface area contributed by atoms with Gasteiger partial charge < -0.3 is 10.1 Å². The predicted octanol–water partition coefficient (Wildman–Crippen LogP) is 4.91. The maximum Gasteiger partial charge on any atom is 0.128 e. The molecule has 1 unspecified atom stereocenters. The van der Waals surface area contributed by atoms with E-state index in [1.54, 1.807) is 20.1 Å². The van der Waals surface area contributed by atoms with Gasteiger partial charge in [0.05, 0.1) is 18.8 Å². The lowest BCUT2D eigenvalue weighted by molar-refractivity contribution is 0.415. The molecule has 0 bridgehead atoms. The van der Waals surface area contributed by atoms with E-state index in [9.17, 15) is 8.78 Å². The summed E-state index contributed by atoms with van der Waals surface area (Å²) < 4.78 is 32.9. The van der Waals surface area contributed by atoms with E-state index >= 15 is 0 Å².